The Balaban J connectivity index is 1.63. The van der Waals surface area contributed by atoms with E-state index < -0.39 is 0 Å². The molecule has 1 N–H and O–H groups in total. The quantitative estimate of drug-likeness (QED) is 0.791. The highest BCUT2D eigenvalue weighted by molar-refractivity contribution is 8.00. The smallest absolute Gasteiger partial charge is 0.316 e. The lowest BCUT2D eigenvalue weighted by Crippen LogP contribution is -2.16. The van der Waals surface area contributed by atoms with Crippen molar-refractivity contribution in [2.24, 2.45) is 0 Å². The van der Waals surface area contributed by atoms with Gasteiger partial charge in [0.15, 0.2) is 0 Å². The molecule has 0 radical (unpaired) electrons. The van der Waals surface area contributed by atoms with Crippen LogP contribution in [0.5, 0.6) is 0 Å². The molecule has 0 aliphatic carbocycles. The number of thioether (sulfide) groups is 1. The van der Waals surface area contributed by atoms with Crippen molar-refractivity contribution in [2.75, 3.05) is 16.8 Å². The van der Waals surface area contributed by atoms with Gasteiger partial charge in [0.05, 0.1) is 11.5 Å². The molecule has 0 unspecified atom stereocenters. The Bertz CT molecular complexity index is 641. The van der Waals surface area contributed by atoms with E-state index in [2.05, 4.69) is 5.32 Å². The topological polar surface area (TPSA) is 55.4 Å². The Morgan fingerprint density at radius 3 is 2.39 bits per heavy atom. The predicted molar refractivity (Wildman–Crippen MR) is 93.4 cm³/mol. The zero-order chi connectivity index (χ0) is 16.5. The van der Waals surface area contributed by atoms with Gasteiger partial charge in [0.2, 0.25) is 5.91 Å². The van der Waals surface area contributed by atoms with E-state index >= 15 is 0 Å². The molecule has 2 aromatic carbocycles. The molecule has 23 heavy (non-hydrogen) atoms. The number of carbonyl (C=O) groups excluding carboxylic acids is 2. The van der Waals surface area contributed by atoms with Crippen LogP contribution in [0, 0.1) is 6.92 Å². The molecule has 0 aliphatic heterocycles. The number of rotatable bonds is 7. The summed E-state index contributed by atoms with van der Waals surface area (Å²) in [6, 6.07) is 17.1. The van der Waals surface area contributed by atoms with Gasteiger partial charge in [-0.25, -0.2) is 0 Å². The fraction of sp³-hybridized carbons (Fsp3) is 0.222. The molecule has 1 amide bonds. The van der Waals surface area contributed by atoms with E-state index in [0.717, 1.165) is 16.8 Å². The second kappa shape index (κ2) is 9.00. The molecule has 0 aromatic heterocycles. The fourth-order valence-corrected chi connectivity index (χ4v) is 2.45. The number of hydrogen-bond acceptors (Lipinski definition) is 4. The summed E-state index contributed by atoms with van der Waals surface area (Å²) >= 11 is 1.24. The zero-order valence-electron chi connectivity index (χ0n) is 13.0. The van der Waals surface area contributed by atoms with Crippen LogP contribution in [-0.2, 0) is 20.9 Å². The molecule has 120 valence electrons. The highest BCUT2D eigenvalue weighted by Gasteiger charge is 2.07. The summed E-state index contributed by atoms with van der Waals surface area (Å²) in [6.07, 6.45) is 0. The standard InChI is InChI=1S/C18H19NO3S/c1-14-7-9-16(10-8-14)19-17(20)12-23-13-18(21)22-11-15-5-3-2-4-6-15/h2-10H,11-13H2,1H3,(H,19,20). The van der Waals surface area contributed by atoms with Crippen LogP contribution < -0.4 is 5.32 Å². The van der Waals surface area contributed by atoms with Crippen LogP contribution in [0.1, 0.15) is 11.1 Å². The summed E-state index contributed by atoms with van der Waals surface area (Å²) in [5, 5.41) is 2.79. The molecule has 0 saturated heterocycles. The minimum atomic E-state index is -0.318. The van der Waals surface area contributed by atoms with Crippen LogP contribution in [0.2, 0.25) is 0 Å². The first kappa shape index (κ1) is 17.1. The molecule has 2 rings (SSSR count). The molecular weight excluding hydrogens is 310 g/mol. The lowest BCUT2D eigenvalue weighted by atomic mass is 10.2. The summed E-state index contributed by atoms with van der Waals surface area (Å²) in [4.78, 5) is 23.4. The van der Waals surface area contributed by atoms with Gasteiger partial charge in [-0.3, -0.25) is 9.59 Å². The second-order valence-electron chi connectivity index (χ2n) is 5.05. The molecule has 0 atom stereocenters. The van der Waals surface area contributed by atoms with Gasteiger partial charge in [0.1, 0.15) is 6.61 Å². The molecule has 0 bridgehead atoms. The van der Waals surface area contributed by atoms with Crippen molar-refractivity contribution in [1.29, 1.82) is 0 Å². The Morgan fingerprint density at radius 2 is 1.70 bits per heavy atom. The van der Waals surface area contributed by atoms with Crippen LogP contribution in [0.25, 0.3) is 0 Å². The summed E-state index contributed by atoms with van der Waals surface area (Å²) in [5.74, 6) is -0.0701. The number of anilines is 1. The number of aryl methyl sites for hydroxylation is 1. The van der Waals surface area contributed by atoms with Crippen LogP contribution >= 0.6 is 11.8 Å². The van der Waals surface area contributed by atoms with Crippen molar-refractivity contribution in [2.45, 2.75) is 13.5 Å². The zero-order valence-corrected chi connectivity index (χ0v) is 13.8. The van der Waals surface area contributed by atoms with E-state index in [1.807, 2.05) is 61.5 Å². The Labute approximate surface area is 140 Å². The number of carbonyl (C=O) groups is 2. The van der Waals surface area contributed by atoms with Crippen LogP contribution in [0.15, 0.2) is 54.6 Å². The highest BCUT2D eigenvalue weighted by Crippen LogP contribution is 2.10. The van der Waals surface area contributed by atoms with E-state index in [0.29, 0.717) is 0 Å². The maximum absolute atomic E-state index is 11.8. The third-order valence-corrected chi connectivity index (χ3v) is 3.94. The first-order valence-corrected chi connectivity index (χ1v) is 8.43. The summed E-state index contributed by atoms with van der Waals surface area (Å²) in [6.45, 7) is 2.25. The van der Waals surface area contributed by atoms with Gasteiger partial charge in [0, 0.05) is 5.69 Å². The van der Waals surface area contributed by atoms with Gasteiger partial charge < -0.3 is 10.1 Å². The lowest BCUT2D eigenvalue weighted by molar-refractivity contribution is -0.141. The molecule has 4 nitrogen and oxygen atoms in total. The Kier molecular flexibility index (Phi) is 6.69. The second-order valence-corrected chi connectivity index (χ2v) is 6.04. The summed E-state index contributed by atoms with van der Waals surface area (Å²) in [5.41, 5.74) is 2.84. The number of nitrogens with one attached hydrogen (secondary N) is 1. The van der Waals surface area contributed by atoms with Crippen molar-refractivity contribution in [3.8, 4) is 0 Å². The minimum absolute atomic E-state index is 0.130. The van der Waals surface area contributed by atoms with Crippen molar-refractivity contribution < 1.29 is 14.3 Å². The fourth-order valence-electron chi connectivity index (χ4n) is 1.84. The molecular formula is C18H19NO3S. The van der Waals surface area contributed by atoms with E-state index in [1.165, 1.54) is 11.8 Å². The van der Waals surface area contributed by atoms with Crippen LogP contribution in [-0.4, -0.2) is 23.4 Å². The summed E-state index contributed by atoms with van der Waals surface area (Å²) < 4.78 is 5.15. The average Bonchev–Trinajstić information content (AvgIpc) is 2.56. The Hall–Kier alpha value is -2.27. The predicted octanol–water partition coefficient (Wildman–Crippen LogP) is 3.41. The number of ether oxygens (including phenoxy) is 1. The molecule has 5 heteroatoms. The van der Waals surface area contributed by atoms with Gasteiger partial charge in [-0.1, -0.05) is 48.0 Å². The van der Waals surface area contributed by atoms with E-state index in [9.17, 15) is 9.59 Å². The molecule has 0 saturated carbocycles. The number of benzene rings is 2. The number of amides is 1. The van der Waals surface area contributed by atoms with Gasteiger partial charge in [-0.15, -0.1) is 11.8 Å². The van der Waals surface area contributed by atoms with Crippen molar-refractivity contribution >= 4 is 29.3 Å². The molecule has 0 spiro atoms. The van der Waals surface area contributed by atoms with Gasteiger partial charge >= 0.3 is 5.97 Å². The number of hydrogen-bond donors (Lipinski definition) is 1. The first-order chi connectivity index (χ1) is 11.1. The van der Waals surface area contributed by atoms with Crippen molar-refractivity contribution in [3.05, 3.63) is 65.7 Å². The third kappa shape index (κ3) is 6.57. The van der Waals surface area contributed by atoms with Gasteiger partial charge in [-0.2, -0.15) is 0 Å². The van der Waals surface area contributed by atoms with Gasteiger partial charge in [-0.05, 0) is 24.6 Å². The van der Waals surface area contributed by atoms with Crippen molar-refractivity contribution in [1.82, 2.24) is 0 Å². The third-order valence-electron chi connectivity index (χ3n) is 3.03. The maximum atomic E-state index is 11.8. The first-order valence-electron chi connectivity index (χ1n) is 7.27. The largest absolute Gasteiger partial charge is 0.460 e. The molecule has 0 heterocycles. The van der Waals surface area contributed by atoms with E-state index in [4.69, 9.17) is 4.74 Å². The maximum Gasteiger partial charge on any atom is 0.316 e. The monoisotopic (exact) mass is 329 g/mol. The van der Waals surface area contributed by atoms with Gasteiger partial charge in [0.25, 0.3) is 0 Å². The summed E-state index contributed by atoms with van der Waals surface area (Å²) in [7, 11) is 0. The highest BCUT2D eigenvalue weighted by atomic mass is 32.2. The van der Waals surface area contributed by atoms with Crippen LogP contribution in [0.3, 0.4) is 0 Å². The normalized spacial score (nSPS) is 10.1. The number of esters is 1. The average molecular weight is 329 g/mol. The van der Waals surface area contributed by atoms with Crippen LogP contribution in [0.4, 0.5) is 5.69 Å². The van der Waals surface area contributed by atoms with E-state index in [-0.39, 0.29) is 30.0 Å². The molecule has 0 fully saturated rings. The van der Waals surface area contributed by atoms with Crippen molar-refractivity contribution in [3.63, 3.8) is 0 Å². The molecule has 0 aliphatic rings. The van der Waals surface area contributed by atoms with E-state index in [1.54, 1.807) is 0 Å². The lowest BCUT2D eigenvalue weighted by Gasteiger charge is -2.06. The SMILES string of the molecule is Cc1ccc(NC(=O)CSCC(=O)OCc2ccccc2)cc1. The Morgan fingerprint density at radius 1 is 1.00 bits per heavy atom. The molecule has 2 aromatic rings. The minimum Gasteiger partial charge on any atom is -0.460 e.